The first-order valence-corrected chi connectivity index (χ1v) is 19.3. The fourth-order valence-corrected chi connectivity index (χ4v) is 10.3. The van der Waals surface area contributed by atoms with E-state index in [0.717, 1.165) is 10.4 Å². The van der Waals surface area contributed by atoms with Crippen molar-refractivity contribution in [3.8, 4) is 11.5 Å². The average molecular weight is 801 g/mol. The molecule has 2 aliphatic heterocycles. The van der Waals surface area contributed by atoms with E-state index < -0.39 is 52.7 Å². The molecule has 286 valence electrons. The zero-order valence-corrected chi connectivity index (χ0v) is 32.3. The van der Waals surface area contributed by atoms with Gasteiger partial charge in [-0.3, -0.25) is 34.3 Å². The Balaban J connectivity index is 1.27. The van der Waals surface area contributed by atoms with Crippen LogP contribution >= 0.6 is 23.2 Å². The number of methoxy groups -OCH3 is 1. The number of imide groups is 2. The number of anilines is 2. The van der Waals surface area contributed by atoms with Gasteiger partial charge in [0.2, 0.25) is 11.8 Å². The first-order chi connectivity index (χ1) is 27.4. The van der Waals surface area contributed by atoms with E-state index in [2.05, 4.69) is 5.43 Å². The lowest BCUT2D eigenvalue weighted by molar-refractivity contribution is -0.138. The van der Waals surface area contributed by atoms with Gasteiger partial charge in [-0.25, -0.2) is 0 Å². The van der Waals surface area contributed by atoms with Crippen LogP contribution in [-0.4, -0.2) is 46.6 Å². The predicted molar refractivity (Wildman–Crippen MR) is 215 cm³/mol. The quantitative estimate of drug-likeness (QED) is 0.0956. The second-order valence-electron chi connectivity index (χ2n) is 15.0. The summed E-state index contributed by atoms with van der Waals surface area (Å²) in [7, 11) is 1.54. The van der Waals surface area contributed by atoms with Crippen molar-refractivity contribution in [3.63, 3.8) is 0 Å². The van der Waals surface area contributed by atoms with E-state index in [9.17, 15) is 19.5 Å². The minimum atomic E-state index is -1.65. The van der Waals surface area contributed by atoms with Crippen LogP contribution < -0.4 is 15.1 Å². The Kier molecular flexibility index (Phi) is 8.75. The van der Waals surface area contributed by atoms with Crippen molar-refractivity contribution in [3.05, 3.63) is 142 Å². The van der Waals surface area contributed by atoms with E-state index in [1.165, 1.54) is 25.0 Å². The van der Waals surface area contributed by atoms with Gasteiger partial charge < -0.3 is 9.84 Å². The van der Waals surface area contributed by atoms with Gasteiger partial charge in [-0.1, -0.05) is 77.3 Å². The van der Waals surface area contributed by atoms with E-state index >= 15 is 9.59 Å². The van der Waals surface area contributed by atoms with Crippen molar-refractivity contribution in [2.75, 3.05) is 17.4 Å². The van der Waals surface area contributed by atoms with E-state index in [4.69, 9.17) is 27.9 Å². The number of fused-ring (bicyclic) bond motifs is 5. The lowest BCUT2D eigenvalue weighted by atomic mass is 9.48. The van der Waals surface area contributed by atoms with Gasteiger partial charge in [0.15, 0.2) is 5.78 Å². The molecule has 4 amide bonds. The van der Waals surface area contributed by atoms with Gasteiger partial charge in [-0.05, 0) is 103 Å². The Bertz CT molecular complexity index is 2590. The molecule has 9 rings (SSSR count). The maximum Gasteiger partial charge on any atom is 0.260 e. The molecule has 1 saturated carbocycles. The molecule has 3 fully saturated rings. The first kappa shape index (κ1) is 36.7. The van der Waals surface area contributed by atoms with Crippen LogP contribution in [-0.2, 0) is 24.6 Å². The molecule has 2 N–H and O–H groups in total. The average Bonchev–Trinajstić information content (AvgIpc) is 3.59. The van der Waals surface area contributed by atoms with Crippen LogP contribution in [0, 0.1) is 23.7 Å². The Hall–Kier alpha value is -5.97. The van der Waals surface area contributed by atoms with E-state index in [0.29, 0.717) is 44.1 Å². The standard InChI is InChI=1S/C45H35Cl2N3O7/c1-23(51)24-7-13-28(14-8-24)49-41(53)32-18-17-31-33(38(32)43(49)55)22-34-42(54)50(48-36-19-12-27(46)21-35(36)47)44(56)45(34,26-10-15-29(57-2)16-11-26)40(31)39-30-6-4-3-5-25(30)9-20-37(39)52/h3-17,19-21,32-34,38,40,48,52H,18,22H2,1-2H3/t32-,33+,34-,38-,40+,45+/m0/s1. The number of aromatic hydroxyl groups is 1. The first-order valence-electron chi connectivity index (χ1n) is 18.6. The number of phenols is 1. The van der Waals surface area contributed by atoms with Crippen LogP contribution in [0.15, 0.2) is 115 Å². The fourth-order valence-electron chi connectivity index (χ4n) is 9.84. The van der Waals surface area contributed by atoms with Gasteiger partial charge in [0.1, 0.15) is 11.5 Å². The summed E-state index contributed by atoms with van der Waals surface area (Å²) in [5, 5.41) is 15.0. The molecule has 0 radical (unpaired) electrons. The minimum Gasteiger partial charge on any atom is -0.508 e. The molecule has 12 heteroatoms. The van der Waals surface area contributed by atoms with Gasteiger partial charge in [-0.2, -0.15) is 5.01 Å². The number of halogens is 2. The number of benzene rings is 5. The number of hydrogen-bond acceptors (Lipinski definition) is 8. The highest BCUT2D eigenvalue weighted by Gasteiger charge is 2.71. The largest absolute Gasteiger partial charge is 0.508 e. The molecule has 6 atom stereocenters. The molecule has 5 aromatic carbocycles. The maximum absolute atomic E-state index is 15.7. The Morgan fingerprint density at radius 2 is 1.60 bits per heavy atom. The number of phenolic OH excluding ortho intramolecular Hbond substituents is 1. The molecular formula is C45H35Cl2N3O7. The highest BCUT2D eigenvalue weighted by molar-refractivity contribution is 6.36. The number of ether oxygens (including phenoxy) is 1. The third kappa shape index (κ3) is 5.41. The number of hydrogen-bond donors (Lipinski definition) is 2. The number of carbonyl (C=O) groups excluding carboxylic acids is 5. The third-order valence-corrected chi connectivity index (χ3v) is 12.9. The van der Waals surface area contributed by atoms with E-state index in [1.807, 2.05) is 30.3 Å². The summed E-state index contributed by atoms with van der Waals surface area (Å²) in [6.07, 6.45) is 2.18. The number of nitrogens with one attached hydrogen (secondary N) is 1. The molecule has 5 aromatic rings. The van der Waals surface area contributed by atoms with Crippen molar-refractivity contribution >= 4 is 74.8 Å². The number of allylic oxidation sites excluding steroid dienone is 2. The lowest BCUT2D eigenvalue weighted by Crippen LogP contribution is -2.53. The van der Waals surface area contributed by atoms with Crippen LogP contribution in [0.3, 0.4) is 0 Å². The molecular weight excluding hydrogens is 765 g/mol. The number of carbonyl (C=O) groups is 5. The second-order valence-corrected chi connectivity index (χ2v) is 15.9. The maximum atomic E-state index is 15.7. The van der Waals surface area contributed by atoms with Crippen molar-refractivity contribution in [2.24, 2.45) is 23.7 Å². The molecule has 2 heterocycles. The molecule has 57 heavy (non-hydrogen) atoms. The number of nitrogens with zero attached hydrogens (tertiary/aromatic N) is 2. The SMILES string of the molecule is COc1ccc([C@@]23C(=O)N(Nc4ccc(Cl)cc4Cl)C(=O)[C@@H]2C[C@@H]2C(=CC[C@@H]4C(=O)N(c5ccc(C(C)=O)cc5)C(=O)[C@@H]42)[C@@H]3c2c(O)ccc3ccccc23)cc1. The molecule has 4 aliphatic rings. The highest BCUT2D eigenvalue weighted by atomic mass is 35.5. The summed E-state index contributed by atoms with van der Waals surface area (Å²) in [6, 6.07) is 28.9. The van der Waals surface area contributed by atoms with Gasteiger partial charge in [0, 0.05) is 22.1 Å². The van der Waals surface area contributed by atoms with Crippen molar-refractivity contribution in [1.82, 2.24) is 5.01 Å². The van der Waals surface area contributed by atoms with Crippen LogP contribution in [0.25, 0.3) is 10.8 Å². The number of rotatable bonds is 7. The van der Waals surface area contributed by atoms with Crippen LogP contribution in [0.2, 0.25) is 10.0 Å². The summed E-state index contributed by atoms with van der Waals surface area (Å²) in [5.41, 5.74) is 4.05. The van der Waals surface area contributed by atoms with Gasteiger partial charge in [0.25, 0.3) is 11.8 Å². The Labute approximate surface area is 337 Å². The van der Waals surface area contributed by atoms with Gasteiger partial charge >= 0.3 is 0 Å². The topological polar surface area (TPSA) is 133 Å². The zero-order valence-electron chi connectivity index (χ0n) is 30.7. The number of hydrazine groups is 1. The normalized spacial score (nSPS) is 25.3. The predicted octanol–water partition coefficient (Wildman–Crippen LogP) is 8.25. The zero-order chi connectivity index (χ0) is 39.9. The molecule has 10 nitrogen and oxygen atoms in total. The minimum absolute atomic E-state index is 0.0499. The fraction of sp³-hybridized carbons (Fsp3) is 0.222. The smallest absolute Gasteiger partial charge is 0.260 e. The number of ketones is 1. The molecule has 2 aliphatic carbocycles. The summed E-state index contributed by atoms with van der Waals surface area (Å²) >= 11 is 12.8. The van der Waals surface area contributed by atoms with E-state index in [-0.39, 0.29) is 41.0 Å². The molecule has 0 unspecified atom stereocenters. The lowest BCUT2D eigenvalue weighted by Gasteiger charge is -2.51. The summed E-state index contributed by atoms with van der Waals surface area (Å²) in [4.78, 5) is 72.9. The summed E-state index contributed by atoms with van der Waals surface area (Å²) in [6.45, 7) is 1.44. The van der Waals surface area contributed by atoms with Crippen molar-refractivity contribution in [1.29, 1.82) is 0 Å². The van der Waals surface area contributed by atoms with Crippen LogP contribution in [0.1, 0.15) is 47.2 Å². The summed E-state index contributed by atoms with van der Waals surface area (Å²) < 4.78 is 5.50. The number of Topliss-reactive ketones (excluding diaryl/α,β-unsaturated/α-hetero) is 1. The van der Waals surface area contributed by atoms with Crippen molar-refractivity contribution < 1.29 is 33.8 Å². The van der Waals surface area contributed by atoms with Crippen molar-refractivity contribution in [2.45, 2.75) is 31.1 Å². The highest BCUT2D eigenvalue weighted by Crippen LogP contribution is 2.65. The van der Waals surface area contributed by atoms with Gasteiger partial charge in [-0.15, -0.1) is 0 Å². The third-order valence-electron chi connectivity index (χ3n) is 12.3. The summed E-state index contributed by atoms with van der Waals surface area (Å²) in [5.74, 6) is -5.94. The molecule has 0 spiro atoms. The van der Waals surface area contributed by atoms with E-state index in [1.54, 1.807) is 72.8 Å². The Morgan fingerprint density at radius 1 is 0.860 bits per heavy atom. The molecule has 0 bridgehead atoms. The monoisotopic (exact) mass is 799 g/mol. The van der Waals surface area contributed by atoms with Crippen LogP contribution in [0.4, 0.5) is 11.4 Å². The molecule has 2 saturated heterocycles. The van der Waals surface area contributed by atoms with Gasteiger partial charge in [0.05, 0.1) is 46.7 Å². The van der Waals surface area contributed by atoms with Crippen LogP contribution in [0.5, 0.6) is 11.5 Å². The number of amides is 4. The Morgan fingerprint density at radius 3 is 2.30 bits per heavy atom. The molecule has 0 aromatic heterocycles. The second kappa shape index (κ2) is 13.6.